The van der Waals surface area contributed by atoms with Gasteiger partial charge in [0.15, 0.2) is 0 Å². The lowest BCUT2D eigenvalue weighted by molar-refractivity contribution is -0.119. The normalized spacial score (nSPS) is 24.8. The fourth-order valence-corrected chi connectivity index (χ4v) is 3.60. The van der Waals surface area contributed by atoms with Crippen molar-refractivity contribution in [3.05, 3.63) is 29.8 Å². The molecule has 3 nitrogen and oxygen atoms in total. The molecule has 1 amide bonds. The Bertz CT molecular complexity index is 505. The molecule has 1 aromatic rings. The van der Waals surface area contributed by atoms with Crippen molar-refractivity contribution < 1.29 is 4.79 Å². The van der Waals surface area contributed by atoms with Gasteiger partial charge in [-0.15, -0.1) is 0 Å². The summed E-state index contributed by atoms with van der Waals surface area (Å²) in [6.45, 7) is 3.39. The van der Waals surface area contributed by atoms with Gasteiger partial charge in [-0.25, -0.2) is 0 Å². The van der Waals surface area contributed by atoms with E-state index >= 15 is 0 Å². The number of anilines is 1. The van der Waals surface area contributed by atoms with Crippen LogP contribution in [0.5, 0.6) is 0 Å². The molecule has 0 saturated heterocycles. The minimum Gasteiger partial charge on any atom is -0.315 e. The summed E-state index contributed by atoms with van der Waals surface area (Å²) in [6.07, 6.45) is 5.89. The lowest BCUT2D eigenvalue weighted by Gasteiger charge is -2.34. The van der Waals surface area contributed by atoms with Gasteiger partial charge in [-0.3, -0.25) is 4.79 Å². The van der Waals surface area contributed by atoms with E-state index in [1.165, 1.54) is 31.2 Å². The highest BCUT2D eigenvalue weighted by molar-refractivity contribution is 5.96. The lowest BCUT2D eigenvalue weighted by atomic mass is 9.87. The van der Waals surface area contributed by atoms with E-state index in [4.69, 9.17) is 0 Å². The van der Waals surface area contributed by atoms with E-state index in [0.29, 0.717) is 11.8 Å². The van der Waals surface area contributed by atoms with Crippen LogP contribution in [-0.4, -0.2) is 19.5 Å². The van der Waals surface area contributed by atoms with Gasteiger partial charge in [0.05, 0.1) is 0 Å². The second-order valence-corrected chi connectivity index (χ2v) is 6.67. The van der Waals surface area contributed by atoms with Crippen LogP contribution >= 0.6 is 0 Å². The Morgan fingerprint density at radius 2 is 2.00 bits per heavy atom. The van der Waals surface area contributed by atoms with Crippen LogP contribution in [-0.2, 0) is 4.79 Å². The summed E-state index contributed by atoms with van der Waals surface area (Å²) in [5.74, 6) is 0.206. The first-order valence-electron chi connectivity index (χ1n) is 7.68. The van der Waals surface area contributed by atoms with E-state index in [2.05, 4.69) is 24.4 Å². The van der Waals surface area contributed by atoms with Crippen molar-refractivity contribution in [3.8, 4) is 0 Å². The van der Waals surface area contributed by atoms with Crippen LogP contribution in [0.25, 0.3) is 0 Å². The monoisotopic (exact) mass is 272 g/mol. The Morgan fingerprint density at radius 1 is 1.30 bits per heavy atom. The molecule has 1 aromatic carbocycles. The summed E-state index contributed by atoms with van der Waals surface area (Å²) in [6, 6.07) is 8.43. The summed E-state index contributed by atoms with van der Waals surface area (Å²) >= 11 is 0. The van der Waals surface area contributed by atoms with Gasteiger partial charge in [0.1, 0.15) is 0 Å². The molecule has 0 aromatic heterocycles. The molecule has 0 radical (unpaired) electrons. The molecule has 20 heavy (non-hydrogen) atoms. The molecular weight excluding hydrogens is 248 g/mol. The molecule has 3 heteroatoms. The maximum Gasteiger partial charge on any atom is 0.228 e. The SMILES string of the molecule is CN1C(=O)CC(NCC2(C)CCCC2)c2ccccc21. The van der Waals surface area contributed by atoms with Crippen molar-refractivity contribution in [1.82, 2.24) is 5.32 Å². The Labute approximate surface area is 121 Å². The van der Waals surface area contributed by atoms with Crippen LogP contribution in [0.1, 0.15) is 50.6 Å². The molecule has 2 aliphatic rings. The average molecular weight is 272 g/mol. The van der Waals surface area contributed by atoms with Gasteiger partial charge in [0, 0.05) is 31.7 Å². The highest BCUT2D eigenvalue weighted by Gasteiger charge is 2.32. The quantitative estimate of drug-likeness (QED) is 0.916. The number of benzene rings is 1. The van der Waals surface area contributed by atoms with Gasteiger partial charge in [-0.05, 0) is 29.9 Å². The van der Waals surface area contributed by atoms with Crippen LogP contribution < -0.4 is 10.2 Å². The maximum absolute atomic E-state index is 12.1. The Hall–Kier alpha value is -1.35. The molecule has 1 aliphatic heterocycles. The van der Waals surface area contributed by atoms with Crippen molar-refractivity contribution >= 4 is 11.6 Å². The number of carbonyl (C=O) groups excluding carboxylic acids is 1. The topological polar surface area (TPSA) is 32.3 Å². The van der Waals surface area contributed by atoms with Gasteiger partial charge in [-0.2, -0.15) is 0 Å². The molecule has 3 rings (SSSR count). The van der Waals surface area contributed by atoms with E-state index < -0.39 is 0 Å². The second kappa shape index (κ2) is 5.21. The summed E-state index contributed by atoms with van der Waals surface area (Å²) < 4.78 is 0. The van der Waals surface area contributed by atoms with Gasteiger partial charge in [-0.1, -0.05) is 38.0 Å². The zero-order chi connectivity index (χ0) is 14.2. The Kier molecular flexibility index (Phi) is 3.55. The van der Waals surface area contributed by atoms with Gasteiger partial charge in [0.2, 0.25) is 5.91 Å². The van der Waals surface area contributed by atoms with Crippen molar-refractivity contribution in [2.75, 3.05) is 18.5 Å². The highest BCUT2D eigenvalue weighted by Crippen LogP contribution is 2.39. The third-order valence-electron chi connectivity index (χ3n) is 5.01. The minimum absolute atomic E-state index is 0.173. The molecule has 1 N–H and O–H groups in total. The zero-order valence-corrected chi connectivity index (χ0v) is 12.5. The Balaban J connectivity index is 1.76. The van der Waals surface area contributed by atoms with E-state index in [1.54, 1.807) is 4.90 Å². The van der Waals surface area contributed by atoms with Crippen molar-refractivity contribution in [2.24, 2.45) is 5.41 Å². The van der Waals surface area contributed by atoms with Crippen molar-refractivity contribution in [3.63, 3.8) is 0 Å². The predicted octanol–water partition coefficient (Wildman–Crippen LogP) is 3.26. The number of para-hydroxylation sites is 1. The van der Waals surface area contributed by atoms with Crippen LogP contribution in [0.3, 0.4) is 0 Å². The molecule has 0 bridgehead atoms. The minimum atomic E-state index is 0.173. The molecule has 0 spiro atoms. The molecule has 1 atom stereocenters. The molecule has 1 saturated carbocycles. The van der Waals surface area contributed by atoms with E-state index in [-0.39, 0.29) is 11.9 Å². The molecule has 1 fully saturated rings. The summed E-state index contributed by atoms with van der Waals surface area (Å²) in [5.41, 5.74) is 2.73. The molecule has 1 aliphatic carbocycles. The molecule has 1 unspecified atom stereocenters. The summed E-state index contributed by atoms with van der Waals surface area (Å²) in [4.78, 5) is 13.9. The van der Waals surface area contributed by atoms with E-state index in [0.717, 1.165) is 12.2 Å². The molecule has 108 valence electrons. The van der Waals surface area contributed by atoms with Gasteiger partial charge < -0.3 is 10.2 Å². The average Bonchev–Trinajstić information content (AvgIpc) is 2.89. The number of nitrogens with zero attached hydrogens (tertiary/aromatic N) is 1. The second-order valence-electron chi connectivity index (χ2n) is 6.67. The standard InChI is InChI=1S/C17H24N2O/c1-17(9-5-6-10-17)12-18-14-11-16(20)19(2)15-8-4-3-7-13(14)15/h3-4,7-8,14,18H,5-6,9-12H2,1-2H3. The summed E-state index contributed by atoms with van der Waals surface area (Å²) in [5, 5.41) is 3.66. The van der Waals surface area contributed by atoms with Gasteiger partial charge >= 0.3 is 0 Å². The smallest absolute Gasteiger partial charge is 0.228 e. The third-order valence-corrected chi connectivity index (χ3v) is 5.01. The van der Waals surface area contributed by atoms with Crippen LogP contribution in [0.4, 0.5) is 5.69 Å². The third kappa shape index (κ3) is 2.47. The fraction of sp³-hybridized carbons (Fsp3) is 0.588. The number of hydrogen-bond donors (Lipinski definition) is 1. The largest absolute Gasteiger partial charge is 0.315 e. The first-order valence-corrected chi connectivity index (χ1v) is 7.68. The van der Waals surface area contributed by atoms with Crippen LogP contribution in [0, 0.1) is 5.41 Å². The number of rotatable bonds is 3. The molecule has 1 heterocycles. The number of amides is 1. The maximum atomic E-state index is 12.1. The fourth-order valence-electron chi connectivity index (χ4n) is 3.60. The zero-order valence-electron chi connectivity index (χ0n) is 12.5. The van der Waals surface area contributed by atoms with Crippen LogP contribution in [0.2, 0.25) is 0 Å². The Morgan fingerprint density at radius 3 is 2.75 bits per heavy atom. The van der Waals surface area contributed by atoms with Gasteiger partial charge in [0.25, 0.3) is 0 Å². The lowest BCUT2D eigenvalue weighted by Crippen LogP contribution is -2.40. The summed E-state index contributed by atoms with van der Waals surface area (Å²) in [7, 11) is 1.87. The van der Waals surface area contributed by atoms with Crippen LogP contribution in [0.15, 0.2) is 24.3 Å². The first kappa shape index (κ1) is 13.6. The predicted molar refractivity (Wildman–Crippen MR) is 81.8 cm³/mol. The number of hydrogen-bond acceptors (Lipinski definition) is 2. The van der Waals surface area contributed by atoms with Crippen molar-refractivity contribution in [1.29, 1.82) is 0 Å². The molecular formula is C17H24N2O. The number of carbonyl (C=O) groups is 1. The van der Waals surface area contributed by atoms with E-state index in [1.807, 2.05) is 19.2 Å². The first-order chi connectivity index (χ1) is 9.59. The van der Waals surface area contributed by atoms with E-state index in [9.17, 15) is 4.79 Å². The number of nitrogens with one attached hydrogen (secondary N) is 1. The highest BCUT2D eigenvalue weighted by atomic mass is 16.2. The number of fused-ring (bicyclic) bond motifs is 1. The van der Waals surface area contributed by atoms with Crippen molar-refractivity contribution in [2.45, 2.75) is 45.1 Å².